The molecule has 4 nitrogen and oxygen atoms in total. The number of hydrogen-bond donors (Lipinski definition) is 1. The predicted molar refractivity (Wildman–Crippen MR) is 74.6 cm³/mol. The van der Waals surface area contributed by atoms with E-state index in [9.17, 15) is 9.59 Å². The molecule has 1 heterocycles. The molecule has 1 rings (SSSR count). The molecule has 102 valence electrons. The SMILES string of the molecule is CCC(C(N)=O)N1C=CC(C#CC(C)C)=CCC1=O. The molecule has 0 aromatic carbocycles. The third-order valence-corrected chi connectivity index (χ3v) is 2.76. The molecular weight excluding hydrogens is 240 g/mol. The summed E-state index contributed by atoms with van der Waals surface area (Å²) in [6.45, 7) is 5.84. The molecule has 0 aliphatic carbocycles. The van der Waals surface area contributed by atoms with Crippen molar-refractivity contribution in [3.63, 3.8) is 0 Å². The molecule has 0 aromatic heterocycles. The number of nitrogens with two attached hydrogens (primary N) is 1. The Hall–Kier alpha value is -2.02. The highest BCUT2D eigenvalue weighted by atomic mass is 16.2. The zero-order valence-electron chi connectivity index (χ0n) is 11.6. The monoisotopic (exact) mass is 260 g/mol. The summed E-state index contributed by atoms with van der Waals surface area (Å²) in [5.74, 6) is 5.72. The summed E-state index contributed by atoms with van der Waals surface area (Å²) in [6, 6.07) is -0.588. The van der Waals surface area contributed by atoms with Crippen molar-refractivity contribution in [3.8, 4) is 11.8 Å². The fraction of sp³-hybridized carbons (Fsp3) is 0.467. The summed E-state index contributed by atoms with van der Waals surface area (Å²) < 4.78 is 0. The number of carbonyl (C=O) groups excluding carboxylic acids is 2. The number of nitrogens with zero attached hydrogens (tertiary/aromatic N) is 1. The van der Waals surface area contributed by atoms with Gasteiger partial charge < -0.3 is 10.6 Å². The van der Waals surface area contributed by atoms with Crippen LogP contribution in [0.2, 0.25) is 0 Å². The quantitative estimate of drug-likeness (QED) is 0.783. The first-order chi connectivity index (χ1) is 8.95. The zero-order valence-corrected chi connectivity index (χ0v) is 11.6. The van der Waals surface area contributed by atoms with Crippen LogP contribution in [0.1, 0.15) is 33.6 Å². The van der Waals surface area contributed by atoms with Gasteiger partial charge >= 0.3 is 0 Å². The van der Waals surface area contributed by atoms with Crippen LogP contribution in [0.25, 0.3) is 0 Å². The molecule has 0 saturated carbocycles. The van der Waals surface area contributed by atoms with Gasteiger partial charge in [0.15, 0.2) is 0 Å². The van der Waals surface area contributed by atoms with Crippen molar-refractivity contribution in [1.29, 1.82) is 0 Å². The van der Waals surface area contributed by atoms with E-state index in [0.29, 0.717) is 6.42 Å². The Morgan fingerprint density at radius 3 is 2.74 bits per heavy atom. The van der Waals surface area contributed by atoms with Crippen molar-refractivity contribution in [3.05, 3.63) is 23.9 Å². The maximum absolute atomic E-state index is 12.0. The second-order valence-corrected chi connectivity index (χ2v) is 4.73. The average Bonchev–Trinajstić information content (AvgIpc) is 2.51. The lowest BCUT2D eigenvalue weighted by atomic mass is 10.1. The molecule has 1 atom stereocenters. The molecule has 0 bridgehead atoms. The number of hydrogen-bond acceptors (Lipinski definition) is 2. The van der Waals surface area contributed by atoms with Crippen LogP contribution < -0.4 is 5.73 Å². The first kappa shape index (κ1) is 15.0. The van der Waals surface area contributed by atoms with Crippen LogP contribution in [0.3, 0.4) is 0 Å². The Bertz CT molecular complexity index is 478. The van der Waals surface area contributed by atoms with Crippen LogP contribution in [0.4, 0.5) is 0 Å². The van der Waals surface area contributed by atoms with Crippen LogP contribution >= 0.6 is 0 Å². The van der Waals surface area contributed by atoms with Gasteiger partial charge in [0.25, 0.3) is 0 Å². The van der Waals surface area contributed by atoms with Gasteiger partial charge in [-0.15, -0.1) is 0 Å². The minimum atomic E-state index is -0.588. The van der Waals surface area contributed by atoms with Gasteiger partial charge in [0.1, 0.15) is 6.04 Å². The topological polar surface area (TPSA) is 63.4 Å². The molecule has 0 aromatic rings. The molecule has 0 spiro atoms. The lowest BCUT2D eigenvalue weighted by Gasteiger charge is -2.24. The summed E-state index contributed by atoms with van der Waals surface area (Å²) in [5.41, 5.74) is 6.11. The van der Waals surface area contributed by atoms with E-state index in [-0.39, 0.29) is 18.2 Å². The molecule has 1 unspecified atom stereocenters. The maximum Gasteiger partial charge on any atom is 0.240 e. The van der Waals surface area contributed by atoms with E-state index in [1.54, 1.807) is 18.4 Å². The van der Waals surface area contributed by atoms with Gasteiger partial charge in [-0.05, 0) is 12.5 Å². The highest BCUT2D eigenvalue weighted by molar-refractivity contribution is 5.88. The number of primary amides is 1. The van der Waals surface area contributed by atoms with Crippen LogP contribution in [0.15, 0.2) is 23.9 Å². The van der Waals surface area contributed by atoms with Crippen molar-refractivity contribution in [1.82, 2.24) is 4.90 Å². The minimum Gasteiger partial charge on any atom is -0.368 e. The van der Waals surface area contributed by atoms with E-state index in [1.165, 1.54) is 4.90 Å². The Balaban J connectivity index is 2.93. The fourth-order valence-electron chi connectivity index (χ4n) is 1.75. The lowest BCUT2D eigenvalue weighted by molar-refractivity contribution is -0.135. The number of carbonyl (C=O) groups is 2. The molecule has 19 heavy (non-hydrogen) atoms. The van der Waals surface area contributed by atoms with Gasteiger partial charge in [-0.2, -0.15) is 0 Å². The molecule has 2 amide bonds. The molecule has 1 aliphatic heterocycles. The largest absolute Gasteiger partial charge is 0.368 e. The van der Waals surface area contributed by atoms with Gasteiger partial charge in [-0.1, -0.05) is 38.7 Å². The maximum atomic E-state index is 12.0. The Labute approximate surface area is 114 Å². The lowest BCUT2D eigenvalue weighted by Crippen LogP contribution is -2.44. The van der Waals surface area contributed by atoms with Crippen molar-refractivity contribution in [2.24, 2.45) is 11.7 Å². The summed E-state index contributed by atoms with van der Waals surface area (Å²) in [4.78, 5) is 24.7. The van der Waals surface area contributed by atoms with Gasteiger partial charge in [-0.25, -0.2) is 0 Å². The third-order valence-electron chi connectivity index (χ3n) is 2.76. The average molecular weight is 260 g/mol. The molecule has 0 saturated heterocycles. The molecule has 2 N–H and O–H groups in total. The molecule has 4 heteroatoms. The standard InChI is InChI=1S/C15H20N2O2/c1-4-13(15(16)19)17-10-9-12(6-5-11(2)3)7-8-14(17)18/h7,9-11,13H,4,8H2,1-3H3,(H2,16,19). The van der Waals surface area contributed by atoms with Gasteiger partial charge in [0.05, 0.1) is 0 Å². The van der Waals surface area contributed by atoms with E-state index in [2.05, 4.69) is 11.8 Å². The minimum absolute atomic E-state index is 0.136. The van der Waals surface area contributed by atoms with E-state index < -0.39 is 11.9 Å². The first-order valence-electron chi connectivity index (χ1n) is 6.46. The Morgan fingerprint density at radius 1 is 1.53 bits per heavy atom. The Kier molecular flexibility index (Phi) is 5.37. The van der Waals surface area contributed by atoms with Crippen LogP contribution in [-0.2, 0) is 9.59 Å². The normalized spacial score (nSPS) is 16.5. The highest BCUT2D eigenvalue weighted by Gasteiger charge is 2.25. The first-order valence-corrected chi connectivity index (χ1v) is 6.46. The van der Waals surface area contributed by atoms with Crippen molar-refractivity contribution >= 4 is 11.8 Å². The van der Waals surface area contributed by atoms with Gasteiger partial charge in [0, 0.05) is 24.1 Å². The Morgan fingerprint density at radius 2 is 2.21 bits per heavy atom. The van der Waals surface area contributed by atoms with Gasteiger partial charge in [-0.3, -0.25) is 9.59 Å². The third kappa shape index (κ3) is 4.29. The highest BCUT2D eigenvalue weighted by Crippen LogP contribution is 2.13. The second kappa shape index (κ2) is 6.79. The summed E-state index contributed by atoms with van der Waals surface area (Å²) in [6.07, 6.45) is 5.88. The summed E-state index contributed by atoms with van der Waals surface area (Å²) >= 11 is 0. The molecule has 0 fully saturated rings. The molecular formula is C15H20N2O2. The summed E-state index contributed by atoms with van der Waals surface area (Å²) in [5, 5.41) is 0. The van der Waals surface area contributed by atoms with E-state index in [4.69, 9.17) is 5.73 Å². The van der Waals surface area contributed by atoms with Crippen LogP contribution in [-0.4, -0.2) is 22.8 Å². The molecule has 1 aliphatic rings. The van der Waals surface area contributed by atoms with Crippen molar-refractivity contribution in [2.75, 3.05) is 0 Å². The van der Waals surface area contributed by atoms with Crippen molar-refractivity contribution in [2.45, 2.75) is 39.7 Å². The van der Waals surface area contributed by atoms with Gasteiger partial charge in [0.2, 0.25) is 11.8 Å². The summed E-state index contributed by atoms with van der Waals surface area (Å²) in [7, 11) is 0. The zero-order chi connectivity index (χ0) is 14.4. The fourth-order valence-corrected chi connectivity index (χ4v) is 1.75. The predicted octanol–water partition coefficient (Wildman–Crippen LogP) is 1.58. The smallest absolute Gasteiger partial charge is 0.240 e. The van der Waals surface area contributed by atoms with E-state index in [1.807, 2.05) is 20.8 Å². The number of allylic oxidation sites excluding steroid dienone is 2. The van der Waals surface area contributed by atoms with E-state index in [0.717, 1.165) is 5.57 Å². The number of amides is 2. The van der Waals surface area contributed by atoms with Crippen LogP contribution in [0.5, 0.6) is 0 Å². The van der Waals surface area contributed by atoms with E-state index >= 15 is 0 Å². The second-order valence-electron chi connectivity index (χ2n) is 4.73. The van der Waals surface area contributed by atoms with Crippen molar-refractivity contribution < 1.29 is 9.59 Å². The van der Waals surface area contributed by atoms with Crippen LogP contribution in [0, 0.1) is 17.8 Å². The molecule has 0 radical (unpaired) electrons. The number of rotatable bonds is 3.